The third kappa shape index (κ3) is 3.17. The molecule has 3 aromatic rings. The van der Waals surface area contributed by atoms with Crippen molar-refractivity contribution in [2.75, 3.05) is 12.4 Å². The van der Waals surface area contributed by atoms with Crippen LogP contribution in [0.3, 0.4) is 0 Å². The van der Waals surface area contributed by atoms with Gasteiger partial charge in [-0.1, -0.05) is 0 Å². The molecule has 0 spiro atoms. The second-order valence-electron chi connectivity index (χ2n) is 5.04. The summed E-state index contributed by atoms with van der Waals surface area (Å²) in [7, 11) is 1.53. The van der Waals surface area contributed by atoms with Gasteiger partial charge in [0.25, 0.3) is 5.91 Å². The quantitative estimate of drug-likeness (QED) is 0.740. The summed E-state index contributed by atoms with van der Waals surface area (Å²) in [5, 5.41) is 12.8. The number of ether oxygens (including phenoxy) is 1. The van der Waals surface area contributed by atoms with Gasteiger partial charge in [-0.25, -0.2) is 4.98 Å². The number of methoxy groups -OCH3 is 1. The fraction of sp³-hybridized carbons (Fsp3) is 0.176. The number of rotatable bonds is 5. The van der Waals surface area contributed by atoms with Crippen LogP contribution >= 0.6 is 11.3 Å². The number of aromatic nitrogens is 1. The highest BCUT2D eigenvalue weighted by atomic mass is 32.1. The van der Waals surface area contributed by atoms with E-state index in [9.17, 15) is 9.90 Å². The van der Waals surface area contributed by atoms with Gasteiger partial charge in [-0.15, -0.1) is 11.3 Å². The zero-order valence-electron chi connectivity index (χ0n) is 13.2. The van der Waals surface area contributed by atoms with Crippen LogP contribution in [0.25, 0.3) is 10.8 Å². The lowest BCUT2D eigenvalue weighted by molar-refractivity contribution is 0.102. The van der Waals surface area contributed by atoms with Crippen molar-refractivity contribution in [3.63, 3.8) is 0 Å². The van der Waals surface area contributed by atoms with Crippen molar-refractivity contribution in [2.45, 2.75) is 13.5 Å². The summed E-state index contributed by atoms with van der Waals surface area (Å²) < 4.78 is 10.5. The number of aryl methyl sites for hydroxylation is 1. The molecule has 2 N–H and O–H groups in total. The van der Waals surface area contributed by atoms with Crippen molar-refractivity contribution in [3.8, 4) is 16.5 Å². The molecule has 2 aromatic heterocycles. The third-order valence-electron chi connectivity index (χ3n) is 3.45. The van der Waals surface area contributed by atoms with E-state index in [1.54, 1.807) is 36.6 Å². The number of benzene rings is 1. The molecular formula is C17H16N2O4S. The van der Waals surface area contributed by atoms with Crippen LogP contribution in [0.2, 0.25) is 0 Å². The van der Waals surface area contributed by atoms with Crippen molar-refractivity contribution in [1.82, 2.24) is 4.98 Å². The van der Waals surface area contributed by atoms with Crippen LogP contribution < -0.4 is 10.1 Å². The molecule has 6 nitrogen and oxygen atoms in total. The number of nitrogens with one attached hydrogen (secondary N) is 1. The summed E-state index contributed by atoms with van der Waals surface area (Å²) in [6.45, 7) is 1.66. The molecule has 2 heterocycles. The number of hydrogen-bond donors (Lipinski definition) is 2. The Balaban J connectivity index is 1.83. The highest BCUT2D eigenvalue weighted by Gasteiger charge is 2.18. The standard InChI is InChI=1S/C17H16N2O4S/c1-10-15(19-17(24-10)14-4-3-7-23-14)16(21)18-12-5-6-13(22-2)11(8-12)9-20/h3-8,20H,9H2,1-2H3,(H,18,21). The van der Waals surface area contributed by atoms with E-state index in [0.29, 0.717) is 33.5 Å². The fourth-order valence-electron chi connectivity index (χ4n) is 2.28. The average molecular weight is 344 g/mol. The SMILES string of the molecule is COc1ccc(NC(=O)c2nc(-c3ccco3)sc2C)cc1CO. The summed E-state index contributed by atoms with van der Waals surface area (Å²) >= 11 is 1.40. The molecule has 0 radical (unpaired) electrons. The highest BCUT2D eigenvalue weighted by Crippen LogP contribution is 2.29. The van der Waals surface area contributed by atoms with Gasteiger partial charge < -0.3 is 19.6 Å². The van der Waals surface area contributed by atoms with Crippen LogP contribution in [0.4, 0.5) is 5.69 Å². The Morgan fingerprint density at radius 1 is 1.42 bits per heavy atom. The molecule has 0 saturated carbocycles. The molecule has 0 saturated heterocycles. The Bertz CT molecular complexity index is 856. The lowest BCUT2D eigenvalue weighted by Crippen LogP contribution is -2.13. The minimum Gasteiger partial charge on any atom is -0.496 e. The molecule has 0 unspecified atom stereocenters. The molecule has 1 aromatic carbocycles. The van der Waals surface area contributed by atoms with Crippen LogP contribution in [0.1, 0.15) is 20.9 Å². The normalized spacial score (nSPS) is 10.6. The molecule has 1 amide bonds. The van der Waals surface area contributed by atoms with E-state index in [1.165, 1.54) is 18.4 Å². The van der Waals surface area contributed by atoms with Gasteiger partial charge in [0, 0.05) is 16.1 Å². The van der Waals surface area contributed by atoms with E-state index in [1.807, 2.05) is 6.92 Å². The van der Waals surface area contributed by atoms with E-state index in [4.69, 9.17) is 9.15 Å². The number of aliphatic hydroxyl groups is 1. The average Bonchev–Trinajstić information content (AvgIpc) is 3.24. The van der Waals surface area contributed by atoms with Gasteiger partial charge >= 0.3 is 0 Å². The summed E-state index contributed by atoms with van der Waals surface area (Å²) in [5.74, 6) is 0.894. The minimum absolute atomic E-state index is 0.175. The Morgan fingerprint density at radius 3 is 2.92 bits per heavy atom. The summed E-state index contributed by atoms with van der Waals surface area (Å²) in [5.41, 5.74) is 1.52. The first kappa shape index (κ1) is 16.2. The first-order valence-corrected chi connectivity index (χ1v) is 8.04. The van der Waals surface area contributed by atoms with Crippen molar-refractivity contribution >= 4 is 22.9 Å². The van der Waals surface area contributed by atoms with Crippen LogP contribution in [0.15, 0.2) is 41.0 Å². The van der Waals surface area contributed by atoms with Gasteiger partial charge in [-0.2, -0.15) is 0 Å². The Kier molecular flexibility index (Phi) is 4.64. The number of anilines is 1. The second kappa shape index (κ2) is 6.86. The van der Waals surface area contributed by atoms with Crippen molar-refractivity contribution in [1.29, 1.82) is 0 Å². The molecule has 124 valence electrons. The molecule has 0 atom stereocenters. The smallest absolute Gasteiger partial charge is 0.275 e. The predicted octanol–water partition coefficient (Wildman–Crippen LogP) is 3.46. The number of furan rings is 1. The van der Waals surface area contributed by atoms with Crippen LogP contribution in [0, 0.1) is 6.92 Å². The van der Waals surface area contributed by atoms with Crippen LogP contribution in [0.5, 0.6) is 5.75 Å². The second-order valence-corrected chi connectivity index (χ2v) is 6.24. The van der Waals surface area contributed by atoms with Crippen molar-refractivity contribution in [3.05, 3.63) is 52.7 Å². The largest absolute Gasteiger partial charge is 0.496 e. The number of thiazole rings is 1. The maximum Gasteiger partial charge on any atom is 0.275 e. The number of amides is 1. The van der Waals surface area contributed by atoms with E-state index >= 15 is 0 Å². The maximum atomic E-state index is 12.5. The van der Waals surface area contributed by atoms with Gasteiger partial charge in [0.1, 0.15) is 11.4 Å². The van der Waals surface area contributed by atoms with Crippen molar-refractivity contribution < 1.29 is 19.1 Å². The molecule has 0 fully saturated rings. The summed E-state index contributed by atoms with van der Waals surface area (Å²) in [6, 6.07) is 8.66. The van der Waals surface area contributed by atoms with Gasteiger partial charge in [-0.05, 0) is 37.3 Å². The van der Waals surface area contributed by atoms with Gasteiger partial charge in [0.05, 0.1) is 20.0 Å². The van der Waals surface area contributed by atoms with Crippen LogP contribution in [-0.4, -0.2) is 23.1 Å². The number of carbonyl (C=O) groups excluding carboxylic acids is 1. The van der Waals surface area contributed by atoms with E-state index in [0.717, 1.165) is 4.88 Å². The Hall–Kier alpha value is -2.64. The van der Waals surface area contributed by atoms with Gasteiger partial charge in [0.15, 0.2) is 10.8 Å². The minimum atomic E-state index is -0.310. The lowest BCUT2D eigenvalue weighted by atomic mass is 10.2. The Morgan fingerprint density at radius 2 is 2.25 bits per heavy atom. The van der Waals surface area contributed by atoms with Gasteiger partial charge in [0.2, 0.25) is 0 Å². The monoisotopic (exact) mass is 344 g/mol. The van der Waals surface area contributed by atoms with E-state index < -0.39 is 0 Å². The molecular weight excluding hydrogens is 328 g/mol. The predicted molar refractivity (Wildman–Crippen MR) is 91.4 cm³/mol. The topological polar surface area (TPSA) is 84.6 Å². The highest BCUT2D eigenvalue weighted by molar-refractivity contribution is 7.15. The summed E-state index contributed by atoms with van der Waals surface area (Å²) in [6.07, 6.45) is 1.57. The third-order valence-corrected chi connectivity index (χ3v) is 4.44. The molecule has 3 rings (SSSR count). The van der Waals surface area contributed by atoms with E-state index in [-0.39, 0.29) is 12.5 Å². The maximum absolute atomic E-state index is 12.5. The van der Waals surface area contributed by atoms with Crippen molar-refractivity contribution in [2.24, 2.45) is 0 Å². The fourth-order valence-corrected chi connectivity index (χ4v) is 3.16. The molecule has 7 heteroatoms. The number of nitrogens with zero attached hydrogens (tertiary/aromatic N) is 1. The molecule has 0 bridgehead atoms. The summed E-state index contributed by atoms with van der Waals surface area (Å²) in [4.78, 5) is 17.6. The zero-order chi connectivity index (χ0) is 17.1. The lowest BCUT2D eigenvalue weighted by Gasteiger charge is -2.09. The number of hydrogen-bond acceptors (Lipinski definition) is 6. The van der Waals surface area contributed by atoms with Gasteiger partial charge in [-0.3, -0.25) is 4.79 Å². The molecule has 0 aliphatic rings. The molecule has 0 aliphatic heterocycles. The number of carbonyl (C=O) groups is 1. The van der Waals surface area contributed by atoms with Crippen LogP contribution in [-0.2, 0) is 6.61 Å². The molecule has 24 heavy (non-hydrogen) atoms. The van der Waals surface area contributed by atoms with E-state index in [2.05, 4.69) is 10.3 Å². The number of aliphatic hydroxyl groups excluding tert-OH is 1. The first-order valence-electron chi connectivity index (χ1n) is 7.22. The Labute approximate surface area is 142 Å². The molecule has 0 aliphatic carbocycles. The first-order chi connectivity index (χ1) is 11.6. The zero-order valence-corrected chi connectivity index (χ0v) is 14.0.